The first-order chi connectivity index (χ1) is 10.3. The van der Waals surface area contributed by atoms with Crippen molar-refractivity contribution in [1.29, 1.82) is 0 Å². The van der Waals surface area contributed by atoms with Gasteiger partial charge in [-0.15, -0.1) is 11.8 Å². The molecule has 1 aromatic heterocycles. The summed E-state index contributed by atoms with van der Waals surface area (Å²) in [5.41, 5.74) is 0. The maximum atomic E-state index is 5.86. The number of hydrogen-bond donors (Lipinski definition) is 2. The molecule has 0 aliphatic carbocycles. The summed E-state index contributed by atoms with van der Waals surface area (Å²) in [5.74, 6) is 2.60. The number of halogens is 1. The molecule has 0 amide bonds. The fourth-order valence-corrected chi connectivity index (χ4v) is 2.57. The third-order valence-electron chi connectivity index (χ3n) is 2.71. The first-order valence-corrected chi connectivity index (χ1v) is 7.99. The second-order valence-corrected chi connectivity index (χ2v) is 5.84. The van der Waals surface area contributed by atoms with Crippen LogP contribution in [-0.4, -0.2) is 25.3 Å². The molecular formula is C15H18ClN3OS. The van der Waals surface area contributed by atoms with Gasteiger partial charge in [0.1, 0.15) is 5.76 Å². The average Bonchev–Trinajstić information content (AvgIpc) is 3.02. The number of aliphatic imine (C=N–C) groups is 1. The fraction of sp³-hybridized carbons (Fsp3) is 0.267. The molecule has 0 aliphatic rings. The molecule has 2 N–H and O–H groups in total. The molecule has 21 heavy (non-hydrogen) atoms. The monoisotopic (exact) mass is 323 g/mol. The van der Waals surface area contributed by atoms with Gasteiger partial charge in [-0.1, -0.05) is 11.6 Å². The summed E-state index contributed by atoms with van der Waals surface area (Å²) in [7, 11) is 1.75. The van der Waals surface area contributed by atoms with Crippen LogP contribution in [0.2, 0.25) is 5.02 Å². The minimum absolute atomic E-state index is 0.622. The molecule has 2 aromatic rings. The summed E-state index contributed by atoms with van der Waals surface area (Å²) in [6, 6.07) is 11.7. The fourth-order valence-electron chi connectivity index (χ4n) is 1.67. The molecule has 1 aromatic carbocycles. The number of thioether (sulfide) groups is 1. The molecule has 112 valence electrons. The summed E-state index contributed by atoms with van der Waals surface area (Å²) in [4.78, 5) is 5.38. The lowest BCUT2D eigenvalue weighted by atomic mass is 10.4. The van der Waals surface area contributed by atoms with Crippen molar-refractivity contribution in [2.45, 2.75) is 11.4 Å². The minimum atomic E-state index is 0.622. The smallest absolute Gasteiger partial charge is 0.191 e. The second kappa shape index (κ2) is 8.64. The van der Waals surface area contributed by atoms with E-state index in [0.717, 1.165) is 29.0 Å². The largest absolute Gasteiger partial charge is 0.467 e. The third-order valence-corrected chi connectivity index (χ3v) is 3.98. The number of nitrogens with zero attached hydrogens (tertiary/aromatic N) is 1. The molecule has 0 saturated heterocycles. The van der Waals surface area contributed by atoms with Crippen molar-refractivity contribution >= 4 is 29.3 Å². The lowest BCUT2D eigenvalue weighted by Crippen LogP contribution is -2.37. The molecule has 0 fully saturated rings. The standard InChI is InChI=1S/C15H18ClN3OS/c1-17-15(19-11-13-3-2-9-20-13)18-8-10-21-14-6-4-12(16)5-7-14/h2-7,9H,8,10-11H2,1H3,(H2,17,18,19). The molecule has 2 rings (SSSR count). The van der Waals surface area contributed by atoms with E-state index in [1.807, 2.05) is 36.4 Å². The molecule has 1 heterocycles. The van der Waals surface area contributed by atoms with Gasteiger partial charge in [-0.25, -0.2) is 0 Å². The van der Waals surface area contributed by atoms with Crippen LogP contribution in [-0.2, 0) is 6.54 Å². The Kier molecular flexibility index (Phi) is 6.50. The average molecular weight is 324 g/mol. The van der Waals surface area contributed by atoms with Crippen LogP contribution < -0.4 is 10.6 Å². The first-order valence-electron chi connectivity index (χ1n) is 6.63. The van der Waals surface area contributed by atoms with E-state index >= 15 is 0 Å². The van der Waals surface area contributed by atoms with E-state index < -0.39 is 0 Å². The summed E-state index contributed by atoms with van der Waals surface area (Å²) >= 11 is 7.63. The molecule has 0 unspecified atom stereocenters. The number of rotatable bonds is 6. The van der Waals surface area contributed by atoms with E-state index in [2.05, 4.69) is 15.6 Å². The molecule has 0 bridgehead atoms. The van der Waals surface area contributed by atoms with Crippen LogP contribution in [0.3, 0.4) is 0 Å². The summed E-state index contributed by atoms with van der Waals surface area (Å²) in [6.07, 6.45) is 1.66. The van der Waals surface area contributed by atoms with Gasteiger partial charge in [-0.05, 0) is 36.4 Å². The summed E-state index contributed by atoms with van der Waals surface area (Å²) in [6.45, 7) is 1.45. The lowest BCUT2D eigenvalue weighted by Gasteiger charge is -2.10. The van der Waals surface area contributed by atoms with Crippen molar-refractivity contribution in [2.24, 2.45) is 4.99 Å². The Bertz CT molecular complexity index is 555. The van der Waals surface area contributed by atoms with Crippen molar-refractivity contribution < 1.29 is 4.42 Å². The zero-order valence-electron chi connectivity index (χ0n) is 11.8. The van der Waals surface area contributed by atoms with Crippen LogP contribution in [0.5, 0.6) is 0 Å². The van der Waals surface area contributed by atoms with Gasteiger partial charge < -0.3 is 15.1 Å². The Morgan fingerprint density at radius 1 is 1.24 bits per heavy atom. The van der Waals surface area contributed by atoms with Crippen molar-refractivity contribution in [3.63, 3.8) is 0 Å². The van der Waals surface area contributed by atoms with E-state index in [9.17, 15) is 0 Å². The predicted molar refractivity (Wildman–Crippen MR) is 89.1 cm³/mol. The van der Waals surface area contributed by atoms with Crippen molar-refractivity contribution in [3.05, 3.63) is 53.4 Å². The van der Waals surface area contributed by atoms with E-state index in [0.29, 0.717) is 6.54 Å². The van der Waals surface area contributed by atoms with Crippen LogP contribution in [0, 0.1) is 0 Å². The van der Waals surface area contributed by atoms with Crippen LogP contribution in [0.25, 0.3) is 0 Å². The van der Waals surface area contributed by atoms with Crippen molar-refractivity contribution in [1.82, 2.24) is 10.6 Å². The second-order valence-electron chi connectivity index (χ2n) is 4.23. The van der Waals surface area contributed by atoms with Gasteiger partial charge in [-0.2, -0.15) is 0 Å². The van der Waals surface area contributed by atoms with Gasteiger partial charge in [0.15, 0.2) is 5.96 Å². The van der Waals surface area contributed by atoms with Gasteiger partial charge >= 0.3 is 0 Å². The topological polar surface area (TPSA) is 49.6 Å². The van der Waals surface area contributed by atoms with E-state index in [4.69, 9.17) is 16.0 Å². The molecule has 0 aliphatic heterocycles. The van der Waals surface area contributed by atoms with Gasteiger partial charge in [0.25, 0.3) is 0 Å². The third kappa shape index (κ3) is 5.73. The van der Waals surface area contributed by atoms with Gasteiger partial charge in [0.2, 0.25) is 0 Å². The minimum Gasteiger partial charge on any atom is -0.467 e. The highest BCUT2D eigenvalue weighted by atomic mass is 35.5. The number of nitrogens with one attached hydrogen (secondary N) is 2. The maximum absolute atomic E-state index is 5.86. The number of guanidine groups is 1. The molecule has 0 saturated carbocycles. The molecule has 0 atom stereocenters. The van der Waals surface area contributed by atoms with Crippen molar-refractivity contribution in [3.8, 4) is 0 Å². The van der Waals surface area contributed by atoms with Crippen LogP contribution >= 0.6 is 23.4 Å². The van der Waals surface area contributed by atoms with E-state index in [1.54, 1.807) is 25.1 Å². The van der Waals surface area contributed by atoms with Gasteiger partial charge in [0.05, 0.1) is 12.8 Å². The summed E-state index contributed by atoms with van der Waals surface area (Å²) in [5, 5.41) is 7.22. The Hall–Kier alpha value is -1.59. The number of benzene rings is 1. The Balaban J connectivity index is 1.65. The maximum Gasteiger partial charge on any atom is 0.191 e. The van der Waals surface area contributed by atoms with Crippen LogP contribution in [0.15, 0.2) is 57.0 Å². The molecule has 0 radical (unpaired) electrons. The van der Waals surface area contributed by atoms with Crippen LogP contribution in [0.1, 0.15) is 5.76 Å². The highest BCUT2D eigenvalue weighted by molar-refractivity contribution is 7.99. The zero-order valence-corrected chi connectivity index (χ0v) is 13.4. The lowest BCUT2D eigenvalue weighted by molar-refractivity contribution is 0.501. The molecular weight excluding hydrogens is 306 g/mol. The van der Waals surface area contributed by atoms with Crippen molar-refractivity contribution in [2.75, 3.05) is 19.3 Å². The Labute approximate surface area is 134 Å². The van der Waals surface area contributed by atoms with E-state index in [1.165, 1.54) is 4.90 Å². The van der Waals surface area contributed by atoms with E-state index in [-0.39, 0.29) is 0 Å². The molecule has 0 spiro atoms. The molecule has 4 nitrogen and oxygen atoms in total. The highest BCUT2D eigenvalue weighted by Gasteiger charge is 2.00. The number of hydrogen-bond acceptors (Lipinski definition) is 3. The normalized spacial score (nSPS) is 11.4. The van der Waals surface area contributed by atoms with Gasteiger partial charge in [-0.3, -0.25) is 4.99 Å². The molecule has 6 heteroatoms. The Morgan fingerprint density at radius 2 is 2.05 bits per heavy atom. The van der Waals surface area contributed by atoms with Gasteiger partial charge in [0, 0.05) is 29.3 Å². The number of furan rings is 1. The summed E-state index contributed by atoms with van der Waals surface area (Å²) < 4.78 is 5.26. The van der Waals surface area contributed by atoms with Crippen LogP contribution in [0.4, 0.5) is 0 Å². The highest BCUT2D eigenvalue weighted by Crippen LogP contribution is 2.19. The Morgan fingerprint density at radius 3 is 2.71 bits per heavy atom. The SMILES string of the molecule is CN=C(NCCSc1ccc(Cl)cc1)NCc1ccco1. The zero-order chi connectivity index (χ0) is 14.9. The first kappa shape index (κ1) is 15.8. The quantitative estimate of drug-likeness (QED) is 0.370. The predicted octanol–water partition coefficient (Wildman–Crippen LogP) is 3.39.